The molecule has 31 heavy (non-hydrogen) atoms. The van der Waals surface area contributed by atoms with E-state index in [0.717, 1.165) is 17.4 Å². The summed E-state index contributed by atoms with van der Waals surface area (Å²) in [5, 5.41) is 4.95. The predicted octanol–water partition coefficient (Wildman–Crippen LogP) is 4.80. The number of ether oxygens (including phenoxy) is 2. The van der Waals surface area contributed by atoms with Gasteiger partial charge in [-0.15, -0.1) is 16.4 Å². The molecule has 0 aliphatic carbocycles. The lowest BCUT2D eigenvalue weighted by Gasteiger charge is -2.06. The molecule has 4 aromatic heterocycles. The second-order valence-corrected chi connectivity index (χ2v) is 7.79. The van der Waals surface area contributed by atoms with Crippen molar-refractivity contribution in [3.63, 3.8) is 0 Å². The van der Waals surface area contributed by atoms with Gasteiger partial charge in [-0.05, 0) is 42.8 Å². The number of methoxy groups -OCH3 is 1. The highest BCUT2D eigenvalue weighted by Gasteiger charge is 2.33. The third kappa shape index (κ3) is 3.40. The average molecular weight is 445 g/mol. The minimum absolute atomic E-state index is 0.121. The highest BCUT2D eigenvalue weighted by atomic mass is 32.1. The van der Waals surface area contributed by atoms with Gasteiger partial charge in [0.2, 0.25) is 0 Å². The Balaban J connectivity index is 1.54. The fourth-order valence-corrected chi connectivity index (χ4v) is 4.46. The molecule has 0 radical (unpaired) electrons. The third-order valence-corrected chi connectivity index (χ3v) is 5.80. The number of aromatic nitrogens is 5. The van der Waals surface area contributed by atoms with Gasteiger partial charge >= 0.3 is 6.18 Å². The average Bonchev–Trinajstić information content (AvgIpc) is 3.33. The molecule has 5 aromatic rings. The van der Waals surface area contributed by atoms with Crippen molar-refractivity contribution in [2.24, 2.45) is 0 Å². The summed E-state index contributed by atoms with van der Waals surface area (Å²) in [5.74, 6) is 1.77. The van der Waals surface area contributed by atoms with Crippen LogP contribution in [0.25, 0.3) is 26.1 Å². The maximum absolute atomic E-state index is 13.2. The number of halogens is 3. The van der Waals surface area contributed by atoms with Crippen molar-refractivity contribution in [3.8, 4) is 11.5 Å². The normalized spacial score (nSPS) is 12.2. The number of pyridine rings is 1. The molecule has 0 saturated carbocycles. The smallest absolute Gasteiger partial charge is 0.433 e. The molecular weight excluding hydrogens is 431 g/mol. The molecule has 0 spiro atoms. The Morgan fingerprint density at radius 2 is 1.84 bits per heavy atom. The first-order valence-corrected chi connectivity index (χ1v) is 9.93. The summed E-state index contributed by atoms with van der Waals surface area (Å²) in [4.78, 5) is 13.0. The van der Waals surface area contributed by atoms with E-state index in [1.54, 1.807) is 38.3 Å². The van der Waals surface area contributed by atoms with Gasteiger partial charge < -0.3 is 9.47 Å². The molecule has 0 unspecified atom stereocenters. The van der Waals surface area contributed by atoms with E-state index in [1.165, 1.54) is 10.8 Å². The van der Waals surface area contributed by atoms with E-state index in [4.69, 9.17) is 9.47 Å². The van der Waals surface area contributed by atoms with Crippen LogP contribution in [-0.4, -0.2) is 31.7 Å². The molecule has 0 saturated heterocycles. The monoisotopic (exact) mass is 445 g/mol. The molecule has 7 nitrogen and oxygen atoms in total. The van der Waals surface area contributed by atoms with Crippen molar-refractivity contribution in [1.29, 1.82) is 0 Å². The van der Waals surface area contributed by atoms with E-state index in [0.29, 0.717) is 44.1 Å². The van der Waals surface area contributed by atoms with Crippen LogP contribution in [0.3, 0.4) is 0 Å². The van der Waals surface area contributed by atoms with Crippen LogP contribution in [0.5, 0.6) is 11.5 Å². The second-order valence-electron chi connectivity index (χ2n) is 6.79. The topological polar surface area (TPSA) is 74.4 Å². The number of rotatable bonds is 4. The fourth-order valence-electron chi connectivity index (χ4n) is 3.28. The number of benzene rings is 1. The molecule has 5 rings (SSSR count). The maximum Gasteiger partial charge on any atom is 0.433 e. The molecule has 0 bridgehead atoms. The summed E-state index contributed by atoms with van der Waals surface area (Å²) in [6.07, 6.45) is -3.02. The Morgan fingerprint density at radius 1 is 1.10 bits per heavy atom. The van der Waals surface area contributed by atoms with Gasteiger partial charge in [0.15, 0.2) is 11.5 Å². The van der Waals surface area contributed by atoms with Gasteiger partial charge in [-0.1, -0.05) is 0 Å². The molecular formula is C20H14F3N5O2S. The van der Waals surface area contributed by atoms with E-state index >= 15 is 0 Å². The molecule has 4 heterocycles. The first-order chi connectivity index (χ1) is 14.8. The van der Waals surface area contributed by atoms with Gasteiger partial charge in [-0.3, -0.25) is 0 Å². The number of hydrogen-bond donors (Lipinski definition) is 0. The summed E-state index contributed by atoms with van der Waals surface area (Å²) in [7, 11) is 1.58. The van der Waals surface area contributed by atoms with Crippen LogP contribution >= 0.6 is 11.3 Å². The number of alkyl halides is 3. The maximum atomic E-state index is 13.2. The standard InChI is InChI=1S/C20H14F3N5O2S/c1-10-7-13(20(21,22)23)25-19-15(10)16-17(31-19)18-26-14(27-28(18)9-24-16)8-30-12-5-3-11(29-2)4-6-12/h3-7,9H,8H2,1-2H3. The van der Waals surface area contributed by atoms with E-state index in [9.17, 15) is 13.2 Å². The molecule has 0 aliphatic rings. The van der Waals surface area contributed by atoms with Crippen molar-refractivity contribution >= 4 is 37.4 Å². The Morgan fingerprint density at radius 3 is 2.55 bits per heavy atom. The lowest BCUT2D eigenvalue weighted by atomic mass is 10.1. The first kappa shape index (κ1) is 19.5. The zero-order valence-corrected chi connectivity index (χ0v) is 17.1. The lowest BCUT2D eigenvalue weighted by molar-refractivity contribution is -0.141. The molecule has 0 atom stereocenters. The van der Waals surface area contributed by atoms with Crippen LogP contribution in [0, 0.1) is 6.92 Å². The van der Waals surface area contributed by atoms with Gasteiger partial charge in [-0.25, -0.2) is 19.5 Å². The summed E-state index contributed by atoms with van der Waals surface area (Å²) >= 11 is 1.12. The van der Waals surface area contributed by atoms with Crippen LogP contribution in [0.2, 0.25) is 0 Å². The minimum atomic E-state index is -4.52. The Hall–Kier alpha value is -3.47. The Labute approximate surface area is 177 Å². The number of fused-ring (bicyclic) bond motifs is 5. The van der Waals surface area contributed by atoms with Crippen molar-refractivity contribution in [3.05, 3.63) is 53.7 Å². The van der Waals surface area contributed by atoms with Gasteiger partial charge in [0.1, 0.15) is 39.7 Å². The quantitative estimate of drug-likeness (QED) is 0.396. The fraction of sp³-hybridized carbons (Fsp3) is 0.200. The van der Waals surface area contributed by atoms with Crippen LogP contribution in [0.4, 0.5) is 13.2 Å². The molecule has 158 valence electrons. The summed E-state index contributed by atoms with van der Waals surface area (Å²) in [6, 6.07) is 8.14. The van der Waals surface area contributed by atoms with Crippen LogP contribution in [0.15, 0.2) is 36.7 Å². The summed E-state index contributed by atoms with van der Waals surface area (Å²) < 4.78 is 52.4. The van der Waals surface area contributed by atoms with Gasteiger partial charge in [0, 0.05) is 5.39 Å². The molecule has 11 heteroatoms. The number of aryl methyl sites for hydroxylation is 1. The number of hydrogen-bond acceptors (Lipinski definition) is 7. The van der Waals surface area contributed by atoms with E-state index in [-0.39, 0.29) is 11.4 Å². The molecule has 0 aliphatic heterocycles. The first-order valence-electron chi connectivity index (χ1n) is 9.11. The highest BCUT2D eigenvalue weighted by molar-refractivity contribution is 7.26. The predicted molar refractivity (Wildman–Crippen MR) is 109 cm³/mol. The minimum Gasteiger partial charge on any atom is -0.497 e. The van der Waals surface area contributed by atoms with Crippen molar-refractivity contribution in [1.82, 2.24) is 24.6 Å². The van der Waals surface area contributed by atoms with Gasteiger partial charge in [-0.2, -0.15) is 13.2 Å². The molecule has 1 aromatic carbocycles. The van der Waals surface area contributed by atoms with Crippen molar-refractivity contribution < 1.29 is 22.6 Å². The number of thiophene rings is 1. The van der Waals surface area contributed by atoms with Gasteiger partial charge in [0.25, 0.3) is 0 Å². The molecule has 0 fully saturated rings. The van der Waals surface area contributed by atoms with Crippen LogP contribution in [-0.2, 0) is 12.8 Å². The van der Waals surface area contributed by atoms with Crippen LogP contribution in [0.1, 0.15) is 17.1 Å². The lowest BCUT2D eigenvalue weighted by Crippen LogP contribution is -2.07. The zero-order chi connectivity index (χ0) is 21.8. The summed E-state index contributed by atoms with van der Waals surface area (Å²) in [5.41, 5.74) is 0.591. The summed E-state index contributed by atoms with van der Waals surface area (Å²) in [6.45, 7) is 1.74. The second kappa shape index (κ2) is 7.05. The third-order valence-electron chi connectivity index (χ3n) is 4.73. The van der Waals surface area contributed by atoms with E-state index in [2.05, 4.69) is 20.1 Å². The zero-order valence-electron chi connectivity index (χ0n) is 16.3. The highest BCUT2D eigenvalue weighted by Crippen LogP contribution is 2.38. The molecule has 0 N–H and O–H groups in total. The van der Waals surface area contributed by atoms with Crippen molar-refractivity contribution in [2.45, 2.75) is 19.7 Å². The number of nitrogens with zero attached hydrogens (tertiary/aromatic N) is 5. The largest absolute Gasteiger partial charge is 0.497 e. The van der Waals surface area contributed by atoms with E-state index < -0.39 is 11.9 Å². The Kier molecular flexibility index (Phi) is 4.43. The Bertz CT molecular complexity index is 1430. The SMILES string of the molecule is COc1ccc(OCc2nc3c4sc5nc(C(F)(F)F)cc(C)c5c4ncn3n2)cc1. The van der Waals surface area contributed by atoms with Crippen LogP contribution < -0.4 is 9.47 Å². The van der Waals surface area contributed by atoms with Gasteiger partial charge in [0.05, 0.1) is 12.6 Å². The molecule has 0 amide bonds. The van der Waals surface area contributed by atoms with Crippen molar-refractivity contribution in [2.75, 3.05) is 7.11 Å². The van der Waals surface area contributed by atoms with E-state index in [1.807, 2.05) is 0 Å².